The zero-order chi connectivity index (χ0) is 14.7. The van der Waals surface area contributed by atoms with Gasteiger partial charge in [0, 0.05) is 13.1 Å². The van der Waals surface area contributed by atoms with Gasteiger partial charge in [0.15, 0.2) is 0 Å². The molecule has 0 spiro atoms. The van der Waals surface area contributed by atoms with Crippen molar-refractivity contribution in [1.82, 2.24) is 15.0 Å². The first-order valence-electron chi connectivity index (χ1n) is 6.48. The number of morpholine rings is 1. The van der Waals surface area contributed by atoms with Crippen LogP contribution in [0.2, 0.25) is 0 Å². The number of ether oxygens (including phenoxy) is 2. The van der Waals surface area contributed by atoms with Crippen molar-refractivity contribution in [3.8, 4) is 11.8 Å². The van der Waals surface area contributed by atoms with Gasteiger partial charge in [-0.1, -0.05) is 0 Å². The molecule has 0 saturated carbocycles. The molecule has 7 nitrogen and oxygen atoms in total. The van der Waals surface area contributed by atoms with Crippen molar-refractivity contribution < 1.29 is 13.9 Å². The van der Waals surface area contributed by atoms with E-state index in [1.807, 2.05) is 4.90 Å². The Labute approximate surface area is 120 Å². The Kier molecular flexibility index (Phi) is 3.78. The Morgan fingerprint density at radius 1 is 1.10 bits per heavy atom. The molecule has 110 valence electrons. The predicted molar refractivity (Wildman–Crippen MR) is 73.7 cm³/mol. The van der Waals surface area contributed by atoms with Crippen LogP contribution in [0.15, 0.2) is 24.3 Å². The average molecular weight is 291 g/mol. The summed E-state index contributed by atoms with van der Waals surface area (Å²) in [6.45, 7) is 2.58. The van der Waals surface area contributed by atoms with Gasteiger partial charge in [0.1, 0.15) is 11.6 Å². The third kappa shape index (κ3) is 3.34. The lowest BCUT2D eigenvalue weighted by Gasteiger charge is -2.26. The first-order valence-corrected chi connectivity index (χ1v) is 6.48. The van der Waals surface area contributed by atoms with Gasteiger partial charge >= 0.3 is 6.01 Å². The highest BCUT2D eigenvalue weighted by atomic mass is 19.1. The first kappa shape index (κ1) is 13.5. The molecule has 3 rings (SSSR count). The number of anilines is 2. The molecule has 1 fully saturated rings. The molecule has 0 unspecified atom stereocenters. The number of hydrogen-bond acceptors (Lipinski definition) is 7. The summed E-state index contributed by atoms with van der Waals surface area (Å²) >= 11 is 0. The molecule has 1 aliphatic rings. The molecule has 1 aromatic heterocycles. The van der Waals surface area contributed by atoms with Gasteiger partial charge < -0.3 is 20.1 Å². The summed E-state index contributed by atoms with van der Waals surface area (Å²) in [5.74, 6) is 0.605. The van der Waals surface area contributed by atoms with E-state index in [1.54, 1.807) is 0 Å². The van der Waals surface area contributed by atoms with E-state index in [4.69, 9.17) is 15.2 Å². The summed E-state index contributed by atoms with van der Waals surface area (Å²) in [5.41, 5.74) is 5.68. The minimum absolute atomic E-state index is 0.0728. The Hall–Kier alpha value is -2.48. The number of hydrogen-bond donors (Lipinski definition) is 1. The molecule has 2 heterocycles. The molecule has 2 N–H and O–H groups in total. The van der Waals surface area contributed by atoms with Crippen LogP contribution in [0.5, 0.6) is 11.8 Å². The third-order valence-electron chi connectivity index (χ3n) is 2.94. The molecule has 0 bridgehead atoms. The Bertz CT molecular complexity index is 616. The van der Waals surface area contributed by atoms with E-state index in [-0.39, 0.29) is 17.8 Å². The normalized spacial score (nSPS) is 15.0. The van der Waals surface area contributed by atoms with E-state index in [9.17, 15) is 4.39 Å². The van der Waals surface area contributed by atoms with Gasteiger partial charge in [0.05, 0.1) is 13.2 Å². The zero-order valence-electron chi connectivity index (χ0n) is 11.2. The second kappa shape index (κ2) is 5.88. The summed E-state index contributed by atoms with van der Waals surface area (Å²) in [5, 5.41) is 0. The fourth-order valence-corrected chi connectivity index (χ4v) is 1.92. The SMILES string of the molecule is Nc1nc(Oc2ccc(F)cc2)nc(N2CCOCC2)n1. The van der Waals surface area contributed by atoms with Crippen LogP contribution >= 0.6 is 0 Å². The highest BCUT2D eigenvalue weighted by Crippen LogP contribution is 2.21. The summed E-state index contributed by atoms with van der Waals surface area (Å²) in [6, 6.07) is 5.65. The Balaban J connectivity index is 1.81. The highest BCUT2D eigenvalue weighted by Gasteiger charge is 2.16. The molecule has 0 aliphatic carbocycles. The minimum Gasteiger partial charge on any atom is -0.424 e. The second-order valence-corrected chi connectivity index (χ2v) is 4.43. The van der Waals surface area contributed by atoms with Gasteiger partial charge in [-0.05, 0) is 24.3 Å². The summed E-state index contributed by atoms with van der Waals surface area (Å²) in [7, 11) is 0. The average Bonchev–Trinajstić information content (AvgIpc) is 2.50. The number of aromatic nitrogens is 3. The standard InChI is InChI=1S/C13H14FN5O2/c14-9-1-3-10(4-2-9)21-13-17-11(15)16-12(18-13)19-5-7-20-8-6-19/h1-4H,5-8H2,(H2,15,16,17,18). The number of nitrogens with zero attached hydrogens (tertiary/aromatic N) is 4. The van der Waals surface area contributed by atoms with Crippen LogP contribution in [0.1, 0.15) is 0 Å². The molecule has 2 aromatic rings. The van der Waals surface area contributed by atoms with Gasteiger partial charge in [0.2, 0.25) is 11.9 Å². The monoisotopic (exact) mass is 291 g/mol. The summed E-state index contributed by atoms with van der Waals surface area (Å²) < 4.78 is 23.6. The molecular formula is C13H14FN5O2. The van der Waals surface area contributed by atoms with E-state index in [2.05, 4.69) is 15.0 Å². The zero-order valence-corrected chi connectivity index (χ0v) is 11.2. The van der Waals surface area contributed by atoms with E-state index >= 15 is 0 Å². The maximum absolute atomic E-state index is 12.9. The van der Waals surface area contributed by atoms with Gasteiger partial charge in [-0.25, -0.2) is 4.39 Å². The lowest BCUT2D eigenvalue weighted by molar-refractivity contribution is 0.122. The summed E-state index contributed by atoms with van der Waals surface area (Å²) in [4.78, 5) is 14.2. The number of benzene rings is 1. The van der Waals surface area contributed by atoms with Crippen molar-refractivity contribution in [2.45, 2.75) is 0 Å². The van der Waals surface area contributed by atoms with Crippen molar-refractivity contribution in [2.24, 2.45) is 0 Å². The molecular weight excluding hydrogens is 277 g/mol. The van der Waals surface area contributed by atoms with Crippen molar-refractivity contribution in [3.05, 3.63) is 30.1 Å². The Morgan fingerprint density at radius 3 is 2.52 bits per heavy atom. The molecule has 0 radical (unpaired) electrons. The van der Waals surface area contributed by atoms with Crippen molar-refractivity contribution in [2.75, 3.05) is 36.9 Å². The van der Waals surface area contributed by atoms with Gasteiger partial charge in [-0.15, -0.1) is 0 Å². The van der Waals surface area contributed by atoms with Crippen molar-refractivity contribution in [3.63, 3.8) is 0 Å². The lowest BCUT2D eigenvalue weighted by atomic mass is 10.3. The largest absolute Gasteiger partial charge is 0.424 e. The molecule has 0 atom stereocenters. The molecule has 1 aliphatic heterocycles. The maximum Gasteiger partial charge on any atom is 0.328 e. The van der Waals surface area contributed by atoms with Gasteiger partial charge in [-0.3, -0.25) is 0 Å². The van der Waals surface area contributed by atoms with Crippen LogP contribution in [-0.2, 0) is 4.74 Å². The Morgan fingerprint density at radius 2 is 1.81 bits per heavy atom. The molecule has 21 heavy (non-hydrogen) atoms. The van der Waals surface area contributed by atoms with Crippen LogP contribution in [0.4, 0.5) is 16.3 Å². The smallest absolute Gasteiger partial charge is 0.328 e. The van der Waals surface area contributed by atoms with Crippen LogP contribution in [0, 0.1) is 5.82 Å². The van der Waals surface area contributed by atoms with Crippen LogP contribution in [0.3, 0.4) is 0 Å². The van der Waals surface area contributed by atoms with Crippen LogP contribution in [0.25, 0.3) is 0 Å². The maximum atomic E-state index is 12.9. The van der Waals surface area contributed by atoms with Gasteiger partial charge in [-0.2, -0.15) is 15.0 Å². The van der Waals surface area contributed by atoms with E-state index < -0.39 is 0 Å². The molecule has 8 heteroatoms. The molecule has 1 aromatic carbocycles. The first-order chi connectivity index (χ1) is 10.2. The minimum atomic E-state index is -0.341. The van der Waals surface area contributed by atoms with E-state index in [0.717, 1.165) is 0 Å². The second-order valence-electron chi connectivity index (χ2n) is 4.43. The number of halogens is 1. The van der Waals surface area contributed by atoms with Crippen LogP contribution in [-0.4, -0.2) is 41.3 Å². The van der Waals surface area contributed by atoms with E-state index in [1.165, 1.54) is 24.3 Å². The van der Waals surface area contributed by atoms with Crippen molar-refractivity contribution >= 4 is 11.9 Å². The van der Waals surface area contributed by atoms with Gasteiger partial charge in [0.25, 0.3) is 0 Å². The lowest BCUT2D eigenvalue weighted by Crippen LogP contribution is -2.37. The van der Waals surface area contributed by atoms with E-state index in [0.29, 0.717) is 38.0 Å². The van der Waals surface area contributed by atoms with Crippen molar-refractivity contribution in [1.29, 1.82) is 0 Å². The highest BCUT2D eigenvalue weighted by molar-refractivity contribution is 5.37. The summed E-state index contributed by atoms with van der Waals surface area (Å²) in [6.07, 6.45) is 0. The number of nitrogen functional groups attached to an aromatic ring is 1. The number of rotatable bonds is 3. The quantitative estimate of drug-likeness (QED) is 0.909. The topological polar surface area (TPSA) is 86.4 Å². The molecule has 1 saturated heterocycles. The number of nitrogens with two attached hydrogens (primary N) is 1. The third-order valence-corrected chi connectivity index (χ3v) is 2.94. The fraction of sp³-hybridized carbons (Fsp3) is 0.308. The fourth-order valence-electron chi connectivity index (χ4n) is 1.92. The molecule has 0 amide bonds. The predicted octanol–water partition coefficient (Wildman–Crippen LogP) is 1.22. The van der Waals surface area contributed by atoms with Crippen LogP contribution < -0.4 is 15.4 Å².